The Kier molecular flexibility index (Phi) is 20.9. The van der Waals surface area contributed by atoms with Gasteiger partial charge in [-0.1, -0.05) is 97.3 Å². The monoisotopic (exact) mass is 458 g/mol. The maximum absolute atomic E-state index is 11.9. The quantitative estimate of drug-likeness (QED) is 0.159. The van der Waals surface area contributed by atoms with Crippen molar-refractivity contribution in [1.29, 1.82) is 0 Å². The minimum absolute atomic E-state index is 0.0479. The van der Waals surface area contributed by atoms with Crippen LogP contribution in [0.2, 0.25) is 0 Å². The van der Waals surface area contributed by atoms with Crippen molar-refractivity contribution in [3.8, 4) is 0 Å². The van der Waals surface area contributed by atoms with Crippen LogP contribution in [-0.2, 0) is 19.1 Å². The molecule has 0 amide bonds. The zero-order chi connectivity index (χ0) is 24.0. The first-order valence-corrected chi connectivity index (χ1v) is 13.0. The lowest BCUT2D eigenvalue weighted by molar-refractivity contribution is -0.160. The van der Waals surface area contributed by atoms with E-state index in [0.29, 0.717) is 6.42 Å². The van der Waals surface area contributed by atoms with Crippen LogP contribution in [0.4, 0.5) is 0 Å². The fourth-order valence-corrected chi connectivity index (χ4v) is 3.83. The van der Waals surface area contributed by atoms with Gasteiger partial charge in [0.25, 0.3) is 0 Å². The lowest BCUT2D eigenvalue weighted by atomic mass is 9.99. The van der Waals surface area contributed by atoms with Crippen molar-refractivity contribution in [2.75, 3.05) is 13.2 Å². The SMILES string of the molecule is CCC(C)CCCCCCCCCCCCCC[C@H](CC(=O)OC(CO)CO)OC(C)=O. The molecule has 0 radical (unpaired) electrons. The number of carbonyl (C=O) groups excluding carboxylic acids is 2. The van der Waals surface area contributed by atoms with Gasteiger partial charge in [-0.2, -0.15) is 0 Å². The lowest BCUT2D eigenvalue weighted by Crippen LogP contribution is -2.29. The molecule has 2 N–H and O–H groups in total. The van der Waals surface area contributed by atoms with Crippen molar-refractivity contribution in [1.82, 2.24) is 0 Å². The van der Waals surface area contributed by atoms with Crippen molar-refractivity contribution in [2.45, 2.75) is 136 Å². The highest BCUT2D eigenvalue weighted by Crippen LogP contribution is 2.17. The summed E-state index contributed by atoms with van der Waals surface area (Å²) in [5.74, 6) is -0.102. The Labute approximate surface area is 196 Å². The van der Waals surface area contributed by atoms with E-state index in [1.54, 1.807) is 0 Å². The minimum Gasteiger partial charge on any atom is -0.462 e. The van der Waals surface area contributed by atoms with Gasteiger partial charge in [0, 0.05) is 6.92 Å². The van der Waals surface area contributed by atoms with E-state index in [9.17, 15) is 9.59 Å². The van der Waals surface area contributed by atoms with Crippen LogP contribution in [0.3, 0.4) is 0 Å². The van der Waals surface area contributed by atoms with Gasteiger partial charge in [0.15, 0.2) is 0 Å². The molecule has 0 spiro atoms. The van der Waals surface area contributed by atoms with E-state index >= 15 is 0 Å². The third-order valence-corrected chi connectivity index (χ3v) is 6.10. The van der Waals surface area contributed by atoms with Crippen molar-refractivity contribution in [2.24, 2.45) is 5.92 Å². The van der Waals surface area contributed by atoms with Crippen molar-refractivity contribution < 1.29 is 29.3 Å². The van der Waals surface area contributed by atoms with Gasteiger partial charge in [-0.3, -0.25) is 9.59 Å². The molecule has 0 saturated heterocycles. The fraction of sp³-hybridized carbons (Fsp3) is 0.923. The predicted octanol–water partition coefficient (Wildman–Crippen LogP) is 5.71. The Morgan fingerprint density at radius 1 is 0.688 bits per heavy atom. The zero-order valence-corrected chi connectivity index (χ0v) is 21.0. The normalized spacial score (nSPS) is 13.2. The molecule has 0 aromatic carbocycles. The molecule has 2 atom stereocenters. The maximum atomic E-state index is 11.9. The smallest absolute Gasteiger partial charge is 0.309 e. The molecular formula is C26H50O6. The van der Waals surface area contributed by atoms with Crippen LogP contribution in [0.5, 0.6) is 0 Å². The Balaban J connectivity index is 3.69. The summed E-state index contributed by atoms with van der Waals surface area (Å²) in [4.78, 5) is 23.2. The molecule has 6 nitrogen and oxygen atoms in total. The summed E-state index contributed by atoms with van der Waals surface area (Å²) in [6.07, 6.45) is 17.0. The van der Waals surface area contributed by atoms with Crippen LogP contribution >= 0.6 is 0 Å². The highest BCUT2D eigenvalue weighted by Gasteiger charge is 2.20. The van der Waals surface area contributed by atoms with E-state index < -0.39 is 37.4 Å². The molecule has 0 rings (SSSR count). The molecule has 0 saturated carbocycles. The Hall–Kier alpha value is -1.14. The summed E-state index contributed by atoms with van der Waals surface area (Å²) in [5.41, 5.74) is 0. The van der Waals surface area contributed by atoms with Gasteiger partial charge in [-0.15, -0.1) is 0 Å². The summed E-state index contributed by atoms with van der Waals surface area (Å²) < 4.78 is 10.2. The molecule has 1 unspecified atom stereocenters. The molecule has 0 heterocycles. The highest BCUT2D eigenvalue weighted by atomic mass is 16.6. The van der Waals surface area contributed by atoms with Gasteiger partial charge < -0.3 is 19.7 Å². The molecule has 0 bridgehead atoms. The summed E-state index contributed by atoms with van der Waals surface area (Å²) in [6.45, 7) is 5.09. The Bertz CT molecular complexity index is 450. The van der Waals surface area contributed by atoms with Crippen LogP contribution in [0, 0.1) is 5.92 Å². The molecular weight excluding hydrogens is 408 g/mol. The van der Waals surface area contributed by atoms with E-state index in [4.69, 9.17) is 19.7 Å². The van der Waals surface area contributed by atoms with Gasteiger partial charge in [0.05, 0.1) is 19.6 Å². The zero-order valence-electron chi connectivity index (χ0n) is 21.0. The minimum atomic E-state index is -0.921. The second-order valence-corrected chi connectivity index (χ2v) is 9.25. The van der Waals surface area contributed by atoms with Crippen molar-refractivity contribution >= 4 is 11.9 Å². The first-order chi connectivity index (χ1) is 15.4. The number of aliphatic hydroxyl groups is 2. The Morgan fingerprint density at radius 2 is 1.12 bits per heavy atom. The first-order valence-electron chi connectivity index (χ1n) is 13.0. The lowest BCUT2D eigenvalue weighted by Gasteiger charge is -2.18. The van der Waals surface area contributed by atoms with Crippen molar-refractivity contribution in [3.05, 3.63) is 0 Å². The molecule has 190 valence electrons. The van der Waals surface area contributed by atoms with E-state index in [0.717, 1.165) is 25.2 Å². The van der Waals surface area contributed by atoms with E-state index in [-0.39, 0.29) is 6.42 Å². The van der Waals surface area contributed by atoms with E-state index in [1.807, 2.05) is 0 Å². The number of esters is 2. The van der Waals surface area contributed by atoms with Crippen LogP contribution in [0.25, 0.3) is 0 Å². The molecule has 0 aromatic heterocycles. The standard InChI is InChI=1S/C26H50O6/c1-4-22(2)17-15-13-11-9-7-5-6-8-10-12-14-16-18-24(31-23(3)29)19-26(30)32-25(20-27)21-28/h22,24-25,27-28H,4-21H2,1-3H3/t22?,24-/m1/s1. The van der Waals surface area contributed by atoms with Crippen LogP contribution in [0.1, 0.15) is 124 Å². The second kappa shape index (κ2) is 21.7. The van der Waals surface area contributed by atoms with Gasteiger partial charge in [-0.25, -0.2) is 0 Å². The number of hydrogen-bond donors (Lipinski definition) is 2. The largest absolute Gasteiger partial charge is 0.462 e. The summed E-state index contributed by atoms with van der Waals surface area (Å²) in [5, 5.41) is 18.0. The van der Waals surface area contributed by atoms with Crippen LogP contribution in [-0.4, -0.2) is 47.6 Å². The summed E-state index contributed by atoms with van der Waals surface area (Å²) >= 11 is 0. The summed E-state index contributed by atoms with van der Waals surface area (Å²) in [6, 6.07) is 0. The van der Waals surface area contributed by atoms with E-state index in [2.05, 4.69) is 13.8 Å². The fourth-order valence-electron chi connectivity index (χ4n) is 3.83. The Morgan fingerprint density at radius 3 is 1.53 bits per heavy atom. The maximum Gasteiger partial charge on any atom is 0.309 e. The molecule has 0 aliphatic carbocycles. The highest BCUT2D eigenvalue weighted by molar-refractivity contribution is 5.71. The number of aliphatic hydroxyl groups excluding tert-OH is 2. The van der Waals surface area contributed by atoms with Crippen LogP contribution < -0.4 is 0 Å². The van der Waals surface area contributed by atoms with Gasteiger partial charge in [0.1, 0.15) is 12.2 Å². The third kappa shape index (κ3) is 19.5. The number of ether oxygens (including phenoxy) is 2. The van der Waals surface area contributed by atoms with Gasteiger partial charge >= 0.3 is 11.9 Å². The van der Waals surface area contributed by atoms with E-state index in [1.165, 1.54) is 77.6 Å². The number of unbranched alkanes of at least 4 members (excludes halogenated alkanes) is 11. The number of hydrogen-bond acceptors (Lipinski definition) is 6. The van der Waals surface area contributed by atoms with Crippen LogP contribution in [0.15, 0.2) is 0 Å². The number of carbonyl (C=O) groups is 2. The molecule has 0 fully saturated rings. The molecule has 0 aliphatic heterocycles. The second-order valence-electron chi connectivity index (χ2n) is 9.25. The van der Waals surface area contributed by atoms with Crippen molar-refractivity contribution in [3.63, 3.8) is 0 Å². The average molecular weight is 459 g/mol. The third-order valence-electron chi connectivity index (χ3n) is 6.10. The van der Waals surface area contributed by atoms with Gasteiger partial charge in [-0.05, 0) is 18.8 Å². The average Bonchev–Trinajstić information content (AvgIpc) is 2.76. The summed E-state index contributed by atoms with van der Waals surface area (Å²) in [7, 11) is 0. The predicted molar refractivity (Wildman–Crippen MR) is 128 cm³/mol. The first kappa shape index (κ1) is 30.9. The molecule has 6 heteroatoms. The van der Waals surface area contributed by atoms with Gasteiger partial charge in [0.2, 0.25) is 0 Å². The topological polar surface area (TPSA) is 93.1 Å². The number of rotatable bonds is 22. The molecule has 0 aliphatic rings. The molecule has 32 heavy (non-hydrogen) atoms. The molecule has 0 aromatic rings.